The monoisotopic (exact) mass is 315 g/mol. The fourth-order valence-electron chi connectivity index (χ4n) is 1.66. The van der Waals surface area contributed by atoms with Crippen molar-refractivity contribution in [2.45, 2.75) is 19.8 Å². The highest BCUT2D eigenvalue weighted by Crippen LogP contribution is 2.29. The van der Waals surface area contributed by atoms with Crippen LogP contribution in [0.5, 0.6) is 5.75 Å². The molecule has 1 aromatic heterocycles. The molecule has 5 nitrogen and oxygen atoms in total. The Bertz CT molecular complexity index is 574. The highest BCUT2D eigenvalue weighted by Gasteiger charge is 2.08. The van der Waals surface area contributed by atoms with Gasteiger partial charge < -0.3 is 15.8 Å². The summed E-state index contributed by atoms with van der Waals surface area (Å²) in [6, 6.07) is 5.71. The summed E-state index contributed by atoms with van der Waals surface area (Å²) in [5.74, 6) is 0.772. The molecule has 1 amide bonds. The molecule has 0 fully saturated rings. The molecule has 7 heteroatoms. The number of halogens is 1. The minimum atomic E-state index is -0.0467. The van der Waals surface area contributed by atoms with Gasteiger partial charge in [-0.1, -0.05) is 11.3 Å². The van der Waals surface area contributed by atoms with E-state index >= 15 is 0 Å². The minimum absolute atomic E-state index is 0. The van der Waals surface area contributed by atoms with E-state index in [1.807, 2.05) is 25.1 Å². The second-order valence-electron chi connectivity index (χ2n) is 4.02. The highest BCUT2D eigenvalue weighted by molar-refractivity contribution is 7.22. The van der Waals surface area contributed by atoms with E-state index in [0.717, 1.165) is 16.0 Å². The summed E-state index contributed by atoms with van der Waals surface area (Å²) in [4.78, 5) is 16.0. The Morgan fingerprint density at radius 2 is 2.30 bits per heavy atom. The standard InChI is InChI=1S/C13H17N3O2S.ClH/c1-2-18-9-5-6-10-11(8-9)19-13(15-10)16-12(17)4-3-7-14;/h5-6,8H,2-4,7,14H2,1H3,(H,15,16,17);1H. The summed E-state index contributed by atoms with van der Waals surface area (Å²) in [6.45, 7) is 3.10. The number of benzene rings is 1. The molecule has 110 valence electrons. The maximum atomic E-state index is 11.6. The number of rotatable bonds is 6. The van der Waals surface area contributed by atoms with Crippen LogP contribution in [0.15, 0.2) is 18.2 Å². The molecule has 3 N–H and O–H groups in total. The fraction of sp³-hybridized carbons (Fsp3) is 0.385. The van der Waals surface area contributed by atoms with Crippen LogP contribution in [0.2, 0.25) is 0 Å². The second kappa shape index (κ2) is 8.04. The Hall–Kier alpha value is -1.37. The number of amides is 1. The first-order valence-corrected chi connectivity index (χ1v) is 7.08. The van der Waals surface area contributed by atoms with E-state index in [1.54, 1.807) is 0 Å². The molecule has 0 saturated carbocycles. The number of hydrogen-bond acceptors (Lipinski definition) is 5. The zero-order valence-corrected chi connectivity index (χ0v) is 12.9. The summed E-state index contributed by atoms with van der Waals surface area (Å²) in [5, 5.41) is 3.41. The molecule has 2 aromatic rings. The van der Waals surface area contributed by atoms with Crippen molar-refractivity contribution in [2.24, 2.45) is 5.73 Å². The molecular formula is C13H18ClN3O2S. The number of fused-ring (bicyclic) bond motifs is 1. The van der Waals surface area contributed by atoms with Gasteiger partial charge >= 0.3 is 0 Å². The normalized spacial score (nSPS) is 10.1. The molecule has 0 aliphatic heterocycles. The molecule has 0 atom stereocenters. The number of thiazole rings is 1. The lowest BCUT2D eigenvalue weighted by Gasteiger charge is -2.00. The van der Waals surface area contributed by atoms with Crippen molar-refractivity contribution < 1.29 is 9.53 Å². The van der Waals surface area contributed by atoms with E-state index in [-0.39, 0.29) is 18.3 Å². The Labute approximate surface area is 127 Å². The van der Waals surface area contributed by atoms with Crippen molar-refractivity contribution in [2.75, 3.05) is 18.5 Å². The van der Waals surface area contributed by atoms with E-state index in [1.165, 1.54) is 11.3 Å². The van der Waals surface area contributed by atoms with Crippen molar-refractivity contribution in [3.63, 3.8) is 0 Å². The van der Waals surface area contributed by atoms with Gasteiger partial charge in [0, 0.05) is 6.42 Å². The van der Waals surface area contributed by atoms with Gasteiger partial charge in [-0.2, -0.15) is 0 Å². The zero-order chi connectivity index (χ0) is 13.7. The number of nitrogens with zero attached hydrogens (tertiary/aromatic N) is 1. The summed E-state index contributed by atoms with van der Waals surface area (Å²) in [7, 11) is 0. The maximum Gasteiger partial charge on any atom is 0.226 e. The molecule has 1 heterocycles. The first-order chi connectivity index (χ1) is 9.22. The molecule has 1 aromatic carbocycles. The van der Waals surface area contributed by atoms with Crippen LogP contribution >= 0.6 is 23.7 Å². The number of hydrogen-bond donors (Lipinski definition) is 2. The van der Waals surface area contributed by atoms with Crippen LogP contribution in [-0.4, -0.2) is 24.0 Å². The summed E-state index contributed by atoms with van der Waals surface area (Å²) in [5.41, 5.74) is 6.23. The quantitative estimate of drug-likeness (QED) is 0.859. The molecule has 20 heavy (non-hydrogen) atoms. The Kier molecular flexibility index (Phi) is 6.70. The van der Waals surface area contributed by atoms with E-state index in [4.69, 9.17) is 10.5 Å². The van der Waals surface area contributed by atoms with Crippen LogP contribution < -0.4 is 15.8 Å². The molecule has 0 aliphatic rings. The van der Waals surface area contributed by atoms with Gasteiger partial charge in [0.1, 0.15) is 5.75 Å². The third-order valence-electron chi connectivity index (χ3n) is 2.53. The van der Waals surface area contributed by atoms with Gasteiger partial charge in [0.25, 0.3) is 0 Å². The predicted molar refractivity (Wildman–Crippen MR) is 85.0 cm³/mol. The molecule has 0 unspecified atom stereocenters. The minimum Gasteiger partial charge on any atom is -0.494 e. The molecule has 2 rings (SSSR count). The summed E-state index contributed by atoms with van der Waals surface area (Å²) in [6.07, 6.45) is 1.11. The van der Waals surface area contributed by atoms with Crippen LogP contribution in [0, 0.1) is 0 Å². The molecule has 0 aliphatic carbocycles. The number of carbonyl (C=O) groups is 1. The van der Waals surface area contributed by atoms with Gasteiger partial charge in [0.05, 0.1) is 16.8 Å². The number of nitrogens with one attached hydrogen (secondary N) is 1. The van der Waals surface area contributed by atoms with Crippen LogP contribution in [0.25, 0.3) is 10.2 Å². The van der Waals surface area contributed by atoms with E-state index in [9.17, 15) is 4.79 Å². The van der Waals surface area contributed by atoms with Crippen molar-refractivity contribution in [3.8, 4) is 5.75 Å². The lowest BCUT2D eigenvalue weighted by molar-refractivity contribution is -0.116. The van der Waals surface area contributed by atoms with Crippen molar-refractivity contribution in [1.29, 1.82) is 0 Å². The number of ether oxygens (including phenoxy) is 1. The Morgan fingerprint density at radius 3 is 3.00 bits per heavy atom. The van der Waals surface area contributed by atoms with Gasteiger partial charge in [-0.3, -0.25) is 4.79 Å². The van der Waals surface area contributed by atoms with Crippen LogP contribution in [0.1, 0.15) is 19.8 Å². The lowest BCUT2D eigenvalue weighted by Crippen LogP contribution is -2.13. The van der Waals surface area contributed by atoms with Gasteiger partial charge in [-0.25, -0.2) is 4.98 Å². The van der Waals surface area contributed by atoms with Crippen molar-refractivity contribution in [3.05, 3.63) is 18.2 Å². The average molecular weight is 316 g/mol. The summed E-state index contributed by atoms with van der Waals surface area (Å²) >= 11 is 1.44. The van der Waals surface area contributed by atoms with E-state index < -0.39 is 0 Å². The van der Waals surface area contributed by atoms with Crippen molar-refractivity contribution in [1.82, 2.24) is 4.98 Å². The van der Waals surface area contributed by atoms with E-state index in [0.29, 0.717) is 31.1 Å². The number of aromatic nitrogens is 1. The Balaban J connectivity index is 0.00000200. The average Bonchev–Trinajstić information content (AvgIpc) is 2.78. The fourth-order valence-corrected chi connectivity index (χ4v) is 2.57. The lowest BCUT2D eigenvalue weighted by atomic mass is 10.3. The Morgan fingerprint density at radius 1 is 1.50 bits per heavy atom. The molecular weight excluding hydrogens is 298 g/mol. The van der Waals surface area contributed by atoms with Crippen LogP contribution in [0.4, 0.5) is 5.13 Å². The largest absolute Gasteiger partial charge is 0.494 e. The van der Waals surface area contributed by atoms with Crippen LogP contribution in [0.3, 0.4) is 0 Å². The number of carbonyl (C=O) groups excluding carboxylic acids is 1. The number of anilines is 1. The maximum absolute atomic E-state index is 11.6. The van der Waals surface area contributed by atoms with Crippen LogP contribution in [-0.2, 0) is 4.79 Å². The van der Waals surface area contributed by atoms with Gasteiger partial charge in [0.2, 0.25) is 5.91 Å². The third kappa shape index (κ3) is 4.33. The van der Waals surface area contributed by atoms with E-state index in [2.05, 4.69) is 10.3 Å². The molecule has 0 saturated heterocycles. The third-order valence-corrected chi connectivity index (χ3v) is 3.46. The zero-order valence-electron chi connectivity index (χ0n) is 11.2. The summed E-state index contributed by atoms with van der Waals surface area (Å²) < 4.78 is 6.44. The first kappa shape index (κ1) is 16.7. The number of nitrogens with two attached hydrogens (primary N) is 1. The van der Waals surface area contributed by atoms with Gasteiger partial charge in [-0.15, -0.1) is 12.4 Å². The SMILES string of the molecule is CCOc1ccc2nc(NC(=O)CCCN)sc2c1.Cl. The van der Waals surface area contributed by atoms with Gasteiger partial charge in [0.15, 0.2) is 5.13 Å². The smallest absolute Gasteiger partial charge is 0.226 e. The first-order valence-electron chi connectivity index (χ1n) is 6.26. The highest BCUT2D eigenvalue weighted by atomic mass is 35.5. The molecule has 0 spiro atoms. The predicted octanol–water partition coefficient (Wildman–Crippen LogP) is 2.79. The molecule has 0 radical (unpaired) electrons. The van der Waals surface area contributed by atoms with Crippen molar-refractivity contribution >= 4 is 45.0 Å². The topological polar surface area (TPSA) is 77.2 Å². The van der Waals surface area contributed by atoms with Gasteiger partial charge in [-0.05, 0) is 38.1 Å². The second-order valence-corrected chi connectivity index (χ2v) is 5.05. The molecule has 0 bridgehead atoms.